The number of esters is 1. The molecule has 0 spiro atoms. The number of hydrogen-bond donors (Lipinski definition) is 0. The minimum atomic E-state index is -3.07. The Morgan fingerprint density at radius 1 is 0.821 bits per heavy atom. The first-order valence-corrected chi connectivity index (χ1v) is 23.9. The molecule has 56 heavy (non-hydrogen) atoms. The maximum Gasteiger partial charge on any atom is 0.303 e. The third-order valence-corrected chi connectivity index (χ3v) is 20.2. The standard InChI is InChI=1S/C40H63N3O11Si2/c1-27(44)50-32-30(24-49-56(39(5,6)7,28-20-16-14-17-21-28)29-22-18-15-19-23-29)52-40(8,9)53-36(32)35-34(48-26-46-11)33(47-25-45-10)31(42-43-41)37(51-35)54-55(12,13)38(2,3)4/h14-23,30-37H,24-26H2,1-13H3/t30-,31+,32+,33-,34+,35+,36+,37-/m0/s1. The predicted octanol–water partition coefficient (Wildman–Crippen LogP) is 6.42. The van der Waals surface area contributed by atoms with E-state index in [1.54, 1.807) is 13.8 Å². The van der Waals surface area contributed by atoms with Gasteiger partial charge < -0.3 is 46.7 Å². The van der Waals surface area contributed by atoms with Crippen LogP contribution in [-0.4, -0.2) is 112 Å². The van der Waals surface area contributed by atoms with Crippen molar-refractivity contribution in [3.63, 3.8) is 0 Å². The van der Waals surface area contributed by atoms with Crippen LogP contribution in [0.3, 0.4) is 0 Å². The molecule has 0 saturated carbocycles. The van der Waals surface area contributed by atoms with Gasteiger partial charge in [0.1, 0.15) is 50.1 Å². The molecule has 2 fully saturated rings. The molecule has 0 aromatic heterocycles. The van der Waals surface area contributed by atoms with E-state index >= 15 is 0 Å². The summed E-state index contributed by atoms with van der Waals surface area (Å²) in [7, 11) is -2.67. The highest BCUT2D eigenvalue weighted by Crippen LogP contribution is 2.43. The van der Waals surface area contributed by atoms with E-state index in [-0.39, 0.29) is 30.3 Å². The fraction of sp³-hybridized carbons (Fsp3) is 0.675. The molecule has 2 heterocycles. The Balaban J connectivity index is 1.87. The first-order valence-electron chi connectivity index (χ1n) is 19.1. The second-order valence-electron chi connectivity index (χ2n) is 17.3. The van der Waals surface area contributed by atoms with E-state index in [1.807, 2.05) is 36.4 Å². The lowest BCUT2D eigenvalue weighted by Crippen LogP contribution is -2.71. The molecule has 312 valence electrons. The molecule has 2 saturated heterocycles. The van der Waals surface area contributed by atoms with E-state index in [2.05, 4.69) is 88.9 Å². The van der Waals surface area contributed by atoms with Gasteiger partial charge >= 0.3 is 5.97 Å². The number of carbonyl (C=O) groups is 1. The van der Waals surface area contributed by atoms with Crippen molar-refractivity contribution in [2.45, 2.75) is 140 Å². The maximum atomic E-state index is 13.0. The van der Waals surface area contributed by atoms with Crippen LogP contribution in [0, 0.1) is 0 Å². The topological polar surface area (TPSA) is 158 Å². The van der Waals surface area contributed by atoms with Gasteiger partial charge in [0.2, 0.25) is 0 Å². The monoisotopic (exact) mass is 817 g/mol. The van der Waals surface area contributed by atoms with Crippen molar-refractivity contribution in [1.29, 1.82) is 0 Å². The molecule has 2 aromatic carbocycles. The molecule has 0 radical (unpaired) electrons. The van der Waals surface area contributed by atoms with Crippen LogP contribution in [0.15, 0.2) is 65.8 Å². The minimum absolute atomic E-state index is 0.0414. The first kappa shape index (κ1) is 46.0. The molecular weight excluding hydrogens is 755 g/mol. The van der Waals surface area contributed by atoms with Gasteiger partial charge in [-0.25, -0.2) is 0 Å². The quantitative estimate of drug-likeness (QED) is 0.0460. The van der Waals surface area contributed by atoms with Crippen molar-refractivity contribution in [3.8, 4) is 0 Å². The van der Waals surface area contributed by atoms with Crippen LogP contribution in [0.5, 0.6) is 0 Å². The lowest BCUT2D eigenvalue weighted by molar-refractivity contribution is -0.376. The maximum absolute atomic E-state index is 13.0. The zero-order chi connectivity index (χ0) is 41.5. The van der Waals surface area contributed by atoms with Crippen LogP contribution in [-0.2, 0) is 51.5 Å². The summed E-state index contributed by atoms with van der Waals surface area (Å²) in [5.41, 5.74) is 9.80. The van der Waals surface area contributed by atoms with E-state index in [1.165, 1.54) is 21.1 Å². The first-order chi connectivity index (χ1) is 26.2. The Hall–Kier alpha value is -2.71. The Labute approximate surface area is 334 Å². The number of nitrogens with zero attached hydrogens (tertiary/aromatic N) is 3. The second kappa shape index (κ2) is 18.9. The molecule has 0 unspecified atom stereocenters. The number of benzene rings is 2. The highest BCUT2D eigenvalue weighted by atomic mass is 28.4. The molecule has 16 heteroatoms. The average Bonchev–Trinajstić information content (AvgIpc) is 3.11. The molecule has 2 aliphatic heterocycles. The molecule has 0 N–H and O–H groups in total. The number of hydrogen-bond acceptors (Lipinski definition) is 12. The average molecular weight is 818 g/mol. The lowest BCUT2D eigenvalue weighted by Gasteiger charge is -2.53. The molecule has 0 amide bonds. The van der Waals surface area contributed by atoms with Crippen LogP contribution in [0.1, 0.15) is 62.3 Å². The van der Waals surface area contributed by atoms with Crippen molar-refractivity contribution in [1.82, 2.24) is 0 Å². The van der Waals surface area contributed by atoms with Crippen LogP contribution in [0.25, 0.3) is 10.4 Å². The van der Waals surface area contributed by atoms with E-state index in [9.17, 15) is 10.3 Å². The third-order valence-electron chi connectivity index (χ3n) is 10.8. The van der Waals surface area contributed by atoms with Crippen molar-refractivity contribution in [2.75, 3.05) is 34.4 Å². The van der Waals surface area contributed by atoms with Gasteiger partial charge in [-0.2, -0.15) is 0 Å². The van der Waals surface area contributed by atoms with Crippen LogP contribution in [0.2, 0.25) is 23.2 Å². The van der Waals surface area contributed by atoms with Crippen molar-refractivity contribution in [2.24, 2.45) is 5.11 Å². The molecule has 8 atom stereocenters. The summed E-state index contributed by atoms with van der Waals surface area (Å²) in [5, 5.41) is 5.73. The summed E-state index contributed by atoms with van der Waals surface area (Å²) in [6, 6.07) is 19.5. The number of ether oxygens (including phenoxy) is 8. The minimum Gasteiger partial charge on any atom is -0.457 e. The zero-order valence-corrected chi connectivity index (χ0v) is 37.3. The van der Waals surface area contributed by atoms with Crippen LogP contribution in [0.4, 0.5) is 0 Å². The largest absolute Gasteiger partial charge is 0.457 e. The van der Waals surface area contributed by atoms with E-state index in [0.717, 1.165) is 10.4 Å². The molecule has 2 aromatic rings. The van der Waals surface area contributed by atoms with Gasteiger partial charge in [-0.1, -0.05) is 107 Å². The molecule has 0 aliphatic carbocycles. The van der Waals surface area contributed by atoms with Crippen molar-refractivity contribution < 1.29 is 51.5 Å². The predicted molar refractivity (Wildman–Crippen MR) is 216 cm³/mol. The van der Waals surface area contributed by atoms with Gasteiger partial charge in [-0.3, -0.25) is 4.79 Å². The SMILES string of the molecule is COCO[C@H]1[C@H]([C@@H]2OC(C)(C)O[C@@H](CO[Si](c3ccccc3)(c3ccccc3)C(C)(C)C)[C@H]2OC(C)=O)O[C@@H](O[Si](C)(C)C(C)(C)C)[C@H](N=[N+]=[N-])[C@@H]1OCOC. The molecule has 2 aliphatic rings. The molecular formula is C40H63N3O11Si2. The summed E-state index contributed by atoms with van der Waals surface area (Å²) >= 11 is 0. The molecule has 14 nitrogen and oxygen atoms in total. The van der Waals surface area contributed by atoms with E-state index < -0.39 is 77.3 Å². The van der Waals surface area contributed by atoms with E-state index in [0.29, 0.717) is 0 Å². The van der Waals surface area contributed by atoms with Gasteiger partial charge in [0.25, 0.3) is 8.32 Å². The highest BCUT2D eigenvalue weighted by Gasteiger charge is 2.59. The highest BCUT2D eigenvalue weighted by molar-refractivity contribution is 6.99. The Morgan fingerprint density at radius 3 is 1.82 bits per heavy atom. The van der Waals surface area contributed by atoms with Crippen molar-refractivity contribution in [3.05, 3.63) is 71.1 Å². The van der Waals surface area contributed by atoms with Gasteiger partial charge in [-0.05, 0) is 52.9 Å². The number of carbonyl (C=O) groups excluding carboxylic acids is 1. The summed E-state index contributed by atoms with van der Waals surface area (Å²) in [6.45, 7) is 21.7. The summed E-state index contributed by atoms with van der Waals surface area (Å²) in [4.78, 5) is 16.2. The Morgan fingerprint density at radius 2 is 1.36 bits per heavy atom. The fourth-order valence-electron chi connectivity index (χ4n) is 7.29. The smallest absolute Gasteiger partial charge is 0.303 e. The van der Waals surface area contributed by atoms with Gasteiger partial charge in [0.05, 0.1) is 6.61 Å². The number of methoxy groups -OCH3 is 2. The zero-order valence-electron chi connectivity index (χ0n) is 35.3. The van der Waals surface area contributed by atoms with Gasteiger partial charge in [-0.15, -0.1) is 0 Å². The van der Waals surface area contributed by atoms with Crippen LogP contribution < -0.4 is 10.4 Å². The summed E-state index contributed by atoms with van der Waals surface area (Å²) in [6.07, 6.45) is -7.01. The van der Waals surface area contributed by atoms with Crippen molar-refractivity contribution >= 4 is 33.0 Å². The van der Waals surface area contributed by atoms with E-state index in [4.69, 9.17) is 46.7 Å². The normalized spacial score (nSPS) is 27.3. The second-order valence-corrected chi connectivity index (χ2v) is 26.4. The molecule has 4 rings (SSSR count). The Kier molecular flexibility index (Phi) is 15.5. The third kappa shape index (κ3) is 10.5. The number of azide groups is 1. The van der Waals surface area contributed by atoms with Gasteiger partial charge in [0.15, 0.2) is 26.5 Å². The van der Waals surface area contributed by atoms with Crippen LogP contribution >= 0.6 is 0 Å². The summed E-state index contributed by atoms with van der Waals surface area (Å²) in [5.74, 6) is -1.78. The summed E-state index contributed by atoms with van der Waals surface area (Å²) < 4.78 is 63.9. The molecule has 0 bridgehead atoms. The fourth-order valence-corrected chi connectivity index (χ4v) is 13.0. The van der Waals surface area contributed by atoms with Gasteiger partial charge in [0, 0.05) is 26.1 Å². The Bertz CT molecular complexity index is 1560. The lowest BCUT2D eigenvalue weighted by atomic mass is 9.89. The number of rotatable bonds is 16.